The first kappa shape index (κ1) is 18.4. The molecule has 2 aromatic rings. The van der Waals surface area contributed by atoms with Crippen LogP contribution < -0.4 is 15.8 Å². The number of aryl methyl sites for hydroxylation is 1. The van der Waals surface area contributed by atoms with Crippen molar-refractivity contribution in [3.05, 3.63) is 66.2 Å². The molecule has 0 saturated heterocycles. The molecule has 0 saturated carbocycles. The Balaban J connectivity index is 1.66. The Kier molecular flexibility index (Phi) is 7.24. The predicted octanol–water partition coefficient (Wildman–Crippen LogP) is 2.30. The fraction of sp³-hybridized carbons (Fsp3) is 0.333. The summed E-state index contributed by atoms with van der Waals surface area (Å²) in [5, 5.41) is 3.14. The summed E-state index contributed by atoms with van der Waals surface area (Å²) in [5.74, 6) is -0.162. The highest BCUT2D eigenvalue weighted by Crippen LogP contribution is 2.06. The van der Waals surface area contributed by atoms with Crippen LogP contribution in [0.4, 0.5) is 5.69 Å². The Morgan fingerprint density at radius 1 is 0.917 bits per heavy atom. The van der Waals surface area contributed by atoms with Crippen LogP contribution in [-0.4, -0.2) is 33.3 Å². The number of hydrogen-bond donors (Lipinski definition) is 2. The first-order valence-corrected chi connectivity index (χ1v) is 9.72. The van der Waals surface area contributed by atoms with Crippen LogP contribution in [-0.2, 0) is 16.4 Å². The molecule has 0 aliphatic rings. The van der Waals surface area contributed by atoms with Crippen molar-refractivity contribution in [2.75, 3.05) is 24.2 Å². The number of benzene rings is 2. The molecule has 0 heterocycles. The van der Waals surface area contributed by atoms with Crippen molar-refractivity contribution >= 4 is 15.7 Å². The summed E-state index contributed by atoms with van der Waals surface area (Å²) in [6.07, 6.45) is 1.26. The van der Waals surface area contributed by atoms with Gasteiger partial charge in [-0.05, 0) is 30.5 Å². The van der Waals surface area contributed by atoms with E-state index in [1.807, 2.05) is 60.7 Å². The highest BCUT2D eigenvalue weighted by Gasteiger charge is 2.16. The molecule has 0 amide bonds. The standard InChI is InChI=1S/C18H24N3O2S/c19-17(12-11-16-7-3-1-4-8-16)15-24(22,23)21-14-13-20-18-9-5-2-6-10-18/h1-10,17,19-21H,11-15H2. The van der Waals surface area contributed by atoms with Crippen molar-refractivity contribution in [2.24, 2.45) is 0 Å². The first-order chi connectivity index (χ1) is 11.6. The second kappa shape index (κ2) is 9.42. The second-order valence-corrected chi connectivity index (χ2v) is 7.54. The Labute approximate surface area is 144 Å². The molecule has 0 aliphatic carbocycles. The maximum absolute atomic E-state index is 12.0. The molecule has 24 heavy (non-hydrogen) atoms. The molecule has 1 radical (unpaired) electrons. The third-order valence-electron chi connectivity index (χ3n) is 3.59. The lowest BCUT2D eigenvalue weighted by Crippen LogP contribution is -2.35. The van der Waals surface area contributed by atoms with Crippen LogP contribution in [0.1, 0.15) is 12.0 Å². The highest BCUT2D eigenvalue weighted by atomic mass is 32.2. The normalized spacial score (nSPS) is 12.7. The average Bonchev–Trinajstić information content (AvgIpc) is 2.58. The van der Waals surface area contributed by atoms with Gasteiger partial charge in [-0.3, -0.25) is 5.73 Å². The zero-order chi connectivity index (χ0) is 17.3. The van der Waals surface area contributed by atoms with Gasteiger partial charge in [0.2, 0.25) is 10.0 Å². The van der Waals surface area contributed by atoms with Crippen molar-refractivity contribution in [3.8, 4) is 0 Å². The molecule has 3 N–H and O–H groups in total. The summed E-state index contributed by atoms with van der Waals surface area (Å²) in [5.41, 5.74) is 10.0. The molecule has 129 valence electrons. The SMILES string of the molecule is [NH]C(CCc1ccccc1)CS(=O)(=O)NCCNc1ccccc1. The second-order valence-electron chi connectivity index (χ2n) is 5.69. The fourth-order valence-corrected chi connectivity index (χ4v) is 3.59. The van der Waals surface area contributed by atoms with Crippen molar-refractivity contribution in [2.45, 2.75) is 18.9 Å². The van der Waals surface area contributed by atoms with E-state index in [0.29, 0.717) is 19.5 Å². The van der Waals surface area contributed by atoms with Crippen LogP contribution in [0.15, 0.2) is 60.7 Å². The minimum absolute atomic E-state index is 0.162. The van der Waals surface area contributed by atoms with E-state index in [1.54, 1.807) is 0 Å². The number of anilines is 1. The van der Waals surface area contributed by atoms with Gasteiger partial charge in [-0.1, -0.05) is 48.5 Å². The summed E-state index contributed by atoms with van der Waals surface area (Å²) in [6, 6.07) is 18.8. The number of hydrogen-bond acceptors (Lipinski definition) is 3. The predicted molar refractivity (Wildman–Crippen MR) is 98.4 cm³/mol. The molecule has 6 heteroatoms. The summed E-state index contributed by atoms with van der Waals surface area (Å²) in [7, 11) is -3.42. The zero-order valence-electron chi connectivity index (χ0n) is 13.6. The molecule has 0 spiro atoms. The van der Waals surface area contributed by atoms with Crippen molar-refractivity contribution in [1.29, 1.82) is 0 Å². The van der Waals surface area contributed by atoms with Crippen molar-refractivity contribution in [3.63, 3.8) is 0 Å². The molecule has 0 aliphatic heterocycles. The van der Waals surface area contributed by atoms with E-state index in [4.69, 9.17) is 5.73 Å². The van der Waals surface area contributed by atoms with Gasteiger partial charge >= 0.3 is 0 Å². The monoisotopic (exact) mass is 346 g/mol. The van der Waals surface area contributed by atoms with Crippen LogP contribution in [0.3, 0.4) is 0 Å². The average molecular weight is 346 g/mol. The van der Waals surface area contributed by atoms with Crippen molar-refractivity contribution in [1.82, 2.24) is 10.5 Å². The molecule has 0 fully saturated rings. The van der Waals surface area contributed by atoms with Gasteiger partial charge in [-0.15, -0.1) is 0 Å². The Morgan fingerprint density at radius 2 is 1.54 bits per heavy atom. The third-order valence-corrected chi connectivity index (χ3v) is 5.08. The van der Waals surface area contributed by atoms with Gasteiger partial charge in [0.15, 0.2) is 0 Å². The topological polar surface area (TPSA) is 82.0 Å². The van der Waals surface area contributed by atoms with E-state index < -0.39 is 16.1 Å². The van der Waals surface area contributed by atoms with Gasteiger partial charge in [-0.25, -0.2) is 13.1 Å². The number of rotatable bonds is 10. The van der Waals surface area contributed by atoms with Gasteiger partial charge in [0.25, 0.3) is 0 Å². The number of sulfonamides is 1. The Hall–Kier alpha value is -1.89. The van der Waals surface area contributed by atoms with E-state index in [9.17, 15) is 8.42 Å². The van der Waals surface area contributed by atoms with Gasteiger partial charge in [-0.2, -0.15) is 0 Å². The van der Waals surface area contributed by atoms with E-state index in [-0.39, 0.29) is 5.75 Å². The first-order valence-electron chi connectivity index (χ1n) is 8.06. The van der Waals surface area contributed by atoms with Crippen LogP contribution in [0, 0.1) is 0 Å². The highest BCUT2D eigenvalue weighted by molar-refractivity contribution is 7.89. The van der Waals surface area contributed by atoms with E-state index in [1.165, 1.54) is 0 Å². The number of nitrogens with one attached hydrogen (secondary N) is 3. The Morgan fingerprint density at radius 3 is 2.21 bits per heavy atom. The summed E-state index contributed by atoms with van der Waals surface area (Å²) >= 11 is 0. The van der Waals surface area contributed by atoms with Crippen LogP contribution in [0.2, 0.25) is 0 Å². The van der Waals surface area contributed by atoms with Crippen LogP contribution in [0.5, 0.6) is 0 Å². The maximum atomic E-state index is 12.0. The lowest BCUT2D eigenvalue weighted by atomic mass is 10.1. The van der Waals surface area contributed by atoms with Gasteiger partial charge in [0, 0.05) is 24.8 Å². The maximum Gasteiger partial charge on any atom is 0.213 e. The molecule has 1 atom stereocenters. The minimum Gasteiger partial charge on any atom is -0.384 e. The molecule has 5 nitrogen and oxygen atoms in total. The molecule has 2 aromatic carbocycles. The lowest BCUT2D eigenvalue weighted by Gasteiger charge is -2.13. The molecule has 0 bridgehead atoms. The van der Waals surface area contributed by atoms with Crippen LogP contribution >= 0.6 is 0 Å². The molecule has 0 aromatic heterocycles. The summed E-state index contributed by atoms with van der Waals surface area (Å²) in [6.45, 7) is 0.818. The summed E-state index contributed by atoms with van der Waals surface area (Å²) < 4.78 is 26.6. The fourth-order valence-electron chi connectivity index (χ4n) is 2.36. The molecule has 2 rings (SSSR count). The largest absolute Gasteiger partial charge is 0.384 e. The quantitative estimate of drug-likeness (QED) is 0.648. The van der Waals surface area contributed by atoms with E-state index in [0.717, 1.165) is 17.7 Å². The van der Waals surface area contributed by atoms with Gasteiger partial charge in [0.1, 0.15) is 0 Å². The van der Waals surface area contributed by atoms with Gasteiger partial charge in [0.05, 0.1) is 5.75 Å². The summed E-state index contributed by atoms with van der Waals surface area (Å²) in [4.78, 5) is 0. The number of para-hydroxylation sites is 1. The zero-order valence-corrected chi connectivity index (χ0v) is 14.4. The van der Waals surface area contributed by atoms with Crippen LogP contribution in [0.25, 0.3) is 0 Å². The third kappa shape index (κ3) is 7.12. The lowest BCUT2D eigenvalue weighted by molar-refractivity contribution is 0.563. The Bertz CT molecular complexity index is 691. The minimum atomic E-state index is -3.42. The molecular formula is C18H24N3O2S. The molecule has 1 unspecified atom stereocenters. The van der Waals surface area contributed by atoms with Crippen molar-refractivity contribution < 1.29 is 8.42 Å². The van der Waals surface area contributed by atoms with Gasteiger partial charge < -0.3 is 5.32 Å². The molecular weight excluding hydrogens is 322 g/mol. The smallest absolute Gasteiger partial charge is 0.213 e. The van der Waals surface area contributed by atoms with E-state index >= 15 is 0 Å². The van der Waals surface area contributed by atoms with E-state index in [2.05, 4.69) is 10.0 Å².